The summed E-state index contributed by atoms with van der Waals surface area (Å²) in [6.07, 6.45) is 4.28. The Labute approximate surface area is 119 Å². The van der Waals surface area contributed by atoms with Crippen molar-refractivity contribution in [3.05, 3.63) is 35.8 Å². The molecular weight excluding hydrogens is 252 g/mol. The van der Waals surface area contributed by atoms with Gasteiger partial charge in [-0.2, -0.15) is 0 Å². The van der Waals surface area contributed by atoms with Crippen molar-refractivity contribution < 1.29 is 4.74 Å². The second kappa shape index (κ2) is 5.52. The summed E-state index contributed by atoms with van der Waals surface area (Å²) < 4.78 is 7.78. The van der Waals surface area contributed by atoms with Gasteiger partial charge in [0.05, 0.1) is 18.4 Å². The highest BCUT2D eigenvalue weighted by atomic mass is 16.5. The van der Waals surface area contributed by atoms with Gasteiger partial charge in [0.15, 0.2) is 0 Å². The topological polar surface area (TPSA) is 55.8 Å². The van der Waals surface area contributed by atoms with E-state index in [1.54, 1.807) is 0 Å². The molecule has 5 heteroatoms. The van der Waals surface area contributed by atoms with E-state index in [-0.39, 0.29) is 12.1 Å². The highest BCUT2D eigenvalue weighted by molar-refractivity contribution is 5.47. The van der Waals surface area contributed by atoms with Crippen LogP contribution in [0.5, 0.6) is 0 Å². The van der Waals surface area contributed by atoms with Crippen molar-refractivity contribution in [2.45, 2.75) is 32.5 Å². The monoisotopic (exact) mass is 274 g/mol. The van der Waals surface area contributed by atoms with Gasteiger partial charge in [-0.25, -0.2) is 4.98 Å². The molecule has 1 fully saturated rings. The van der Waals surface area contributed by atoms with Crippen molar-refractivity contribution in [1.29, 1.82) is 0 Å². The molecule has 0 spiro atoms. The predicted molar refractivity (Wildman–Crippen MR) is 78.6 cm³/mol. The number of aromatic nitrogens is 2. The minimum Gasteiger partial charge on any atom is -0.374 e. The summed E-state index contributed by atoms with van der Waals surface area (Å²) in [7, 11) is 0. The van der Waals surface area contributed by atoms with Gasteiger partial charge in [0.1, 0.15) is 5.65 Å². The Bertz CT molecular complexity index is 593. The van der Waals surface area contributed by atoms with Crippen LogP contribution in [0.25, 0.3) is 5.65 Å². The lowest BCUT2D eigenvalue weighted by Gasteiger charge is -2.34. The van der Waals surface area contributed by atoms with E-state index in [0.29, 0.717) is 0 Å². The maximum absolute atomic E-state index is 5.93. The fourth-order valence-corrected chi connectivity index (χ4v) is 2.70. The fourth-order valence-electron chi connectivity index (χ4n) is 2.70. The molecule has 0 saturated carbocycles. The lowest BCUT2D eigenvalue weighted by Crippen LogP contribution is -2.49. The SMILES string of the molecule is Cc1cccn2cc(CN3CCOC(C(C)N)C3)nc12. The molecule has 2 unspecified atom stereocenters. The predicted octanol–water partition coefficient (Wildman–Crippen LogP) is 1.19. The highest BCUT2D eigenvalue weighted by Crippen LogP contribution is 2.14. The molecular formula is C15H22N4O. The highest BCUT2D eigenvalue weighted by Gasteiger charge is 2.23. The van der Waals surface area contributed by atoms with Crippen molar-refractivity contribution in [3.8, 4) is 0 Å². The molecule has 0 bridgehead atoms. The second-order valence-electron chi connectivity index (χ2n) is 5.66. The van der Waals surface area contributed by atoms with Gasteiger partial charge in [-0.1, -0.05) is 6.07 Å². The van der Waals surface area contributed by atoms with Crippen LogP contribution in [0.4, 0.5) is 0 Å². The molecule has 2 atom stereocenters. The number of nitrogens with two attached hydrogens (primary N) is 1. The maximum atomic E-state index is 5.93. The Morgan fingerprint density at radius 3 is 3.15 bits per heavy atom. The quantitative estimate of drug-likeness (QED) is 0.913. The van der Waals surface area contributed by atoms with E-state index in [4.69, 9.17) is 15.5 Å². The molecule has 1 aliphatic rings. The molecule has 1 saturated heterocycles. The van der Waals surface area contributed by atoms with E-state index in [0.717, 1.165) is 37.6 Å². The number of hydrogen-bond acceptors (Lipinski definition) is 4. The second-order valence-corrected chi connectivity index (χ2v) is 5.66. The third-order valence-electron chi connectivity index (χ3n) is 3.88. The van der Waals surface area contributed by atoms with E-state index in [9.17, 15) is 0 Å². The van der Waals surface area contributed by atoms with Crippen LogP contribution < -0.4 is 5.73 Å². The molecule has 20 heavy (non-hydrogen) atoms. The summed E-state index contributed by atoms with van der Waals surface area (Å²) in [5.41, 5.74) is 9.28. The van der Waals surface area contributed by atoms with Gasteiger partial charge in [-0.15, -0.1) is 0 Å². The van der Waals surface area contributed by atoms with Crippen LogP contribution >= 0.6 is 0 Å². The van der Waals surface area contributed by atoms with E-state index in [2.05, 4.69) is 34.6 Å². The zero-order valence-electron chi connectivity index (χ0n) is 12.1. The number of aryl methyl sites for hydroxylation is 1. The number of rotatable bonds is 3. The number of pyridine rings is 1. The number of hydrogen-bond donors (Lipinski definition) is 1. The molecule has 0 amide bonds. The average molecular weight is 274 g/mol. The summed E-state index contributed by atoms with van der Waals surface area (Å²) >= 11 is 0. The molecule has 0 aromatic carbocycles. The summed E-state index contributed by atoms with van der Waals surface area (Å²) in [5, 5.41) is 0. The van der Waals surface area contributed by atoms with Gasteiger partial charge in [-0.3, -0.25) is 4.90 Å². The smallest absolute Gasteiger partial charge is 0.139 e. The molecule has 2 N–H and O–H groups in total. The lowest BCUT2D eigenvalue weighted by atomic mass is 10.1. The first kappa shape index (κ1) is 13.5. The van der Waals surface area contributed by atoms with Crippen LogP contribution in [0.2, 0.25) is 0 Å². The third-order valence-corrected chi connectivity index (χ3v) is 3.88. The number of nitrogens with zero attached hydrogens (tertiary/aromatic N) is 3. The average Bonchev–Trinajstić information content (AvgIpc) is 2.83. The van der Waals surface area contributed by atoms with Crippen LogP contribution in [0.15, 0.2) is 24.5 Å². The number of ether oxygens (including phenoxy) is 1. The Morgan fingerprint density at radius 1 is 1.55 bits per heavy atom. The summed E-state index contributed by atoms with van der Waals surface area (Å²) in [6, 6.07) is 4.21. The Kier molecular flexibility index (Phi) is 3.74. The van der Waals surface area contributed by atoms with E-state index in [1.165, 1.54) is 5.56 Å². The Morgan fingerprint density at radius 2 is 2.40 bits per heavy atom. The molecule has 2 aromatic heterocycles. The van der Waals surface area contributed by atoms with Crippen LogP contribution in [-0.2, 0) is 11.3 Å². The first-order chi connectivity index (χ1) is 9.63. The normalized spacial score (nSPS) is 22.2. The van der Waals surface area contributed by atoms with Gasteiger partial charge in [-0.05, 0) is 25.5 Å². The molecule has 1 aliphatic heterocycles. The standard InChI is InChI=1S/C15H22N4O/c1-11-4-3-5-19-9-13(17-15(11)19)8-18-6-7-20-14(10-18)12(2)16/h3-5,9,12,14H,6-8,10,16H2,1-2H3. The zero-order valence-corrected chi connectivity index (χ0v) is 12.1. The van der Waals surface area contributed by atoms with Gasteiger partial charge in [0.2, 0.25) is 0 Å². The van der Waals surface area contributed by atoms with Gasteiger partial charge < -0.3 is 14.9 Å². The number of morpholine rings is 1. The number of fused-ring (bicyclic) bond motifs is 1. The van der Waals surface area contributed by atoms with Crippen molar-refractivity contribution in [1.82, 2.24) is 14.3 Å². The first-order valence-corrected chi connectivity index (χ1v) is 7.16. The first-order valence-electron chi connectivity index (χ1n) is 7.16. The van der Waals surface area contributed by atoms with Gasteiger partial charge >= 0.3 is 0 Å². The van der Waals surface area contributed by atoms with E-state index >= 15 is 0 Å². The molecule has 3 heterocycles. The molecule has 3 rings (SSSR count). The summed E-state index contributed by atoms with van der Waals surface area (Å²) in [4.78, 5) is 7.10. The molecule has 5 nitrogen and oxygen atoms in total. The van der Waals surface area contributed by atoms with Crippen molar-refractivity contribution >= 4 is 5.65 Å². The molecule has 2 aromatic rings. The number of imidazole rings is 1. The summed E-state index contributed by atoms with van der Waals surface area (Å²) in [5.74, 6) is 0. The fraction of sp³-hybridized carbons (Fsp3) is 0.533. The van der Waals surface area contributed by atoms with Crippen LogP contribution in [-0.4, -0.2) is 46.1 Å². The Balaban J connectivity index is 1.74. The molecule has 0 aliphatic carbocycles. The van der Waals surface area contributed by atoms with Gasteiger partial charge in [0.25, 0.3) is 0 Å². The van der Waals surface area contributed by atoms with Crippen molar-refractivity contribution in [3.63, 3.8) is 0 Å². The Hall–Kier alpha value is -1.43. The van der Waals surface area contributed by atoms with E-state index in [1.807, 2.05) is 13.1 Å². The largest absolute Gasteiger partial charge is 0.374 e. The van der Waals surface area contributed by atoms with Crippen LogP contribution in [0.1, 0.15) is 18.2 Å². The zero-order chi connectivity index (χ0) is 14.1. The minimum absolute atomic E-state index is 0.0705. The van der Waals surface area contributed by atoms with Crippen molar-refractivity contribution in [2.75, 3.05) is 19.7 Å². The van der Waals surface area contributed by atoms with Crippen LogP contribution in [0, 0.1) is 6.92 Å². The summed E-state index contributed by atoms with van der Waals surface area (Å²) in [6.45, 7) is 7.52. The van der Waals surface area contributed by atoms with Crippen molar-refractivity contribution in [2.24, 2.45) is 5.73 Å². The van der Waals surface area contributed by atoms with Gasteiger partial charge in [0, 0.05) is 38.1 Å². The van der Waals surface area contributed by atoms with E-state index < -0.39 is 0 Å². The maximum Gasteiger partial charge on any atom is 0.139 e. The van der Waals surface area contributed by atoms with Crippen LogP contribution in [0.3, 0.4) is 0 Å². The molecule has 108 valence electrons. The molecule has 0 radical (unpaired) electrons. The third kappa shape index (κ3) is 2.70. The minimum atomic E-state index is 0.0705. The lowest BCUT2D eigenvalue weighted by molar-refractivity contribution is -0.0406.